The van der Waals surface area contributed by atoms with Crippen LogP contribution in [0.2, 0.25) is 0 Å². The first-order valence-electron chi connectivity index (χ1n) is 8.81. The molecule has 1 unspecified atom stereocenters. The molecular weight excluding hydrogens is 306 g/mol. The molecule has 1 saturated carbocycles. The maximum absolute atomic E-state index is 4.73. The number of rotatable bonds is 9. The van der Waals surface area contributed by atoms with Crippen LogP contribution >= 0.6 is 11.3 Å². The molecule has 1 heterocycles. The fourth-order valence-corrected chi connectivity index (χ4v) is 3.31. The summed E-state index contributed by atoms with van der Waals surface area (Å²) in [5, 5.41) is 7.95. The summed E-state index contributed by atoms with van der Waals surface area (Å²) in [7, 11) is 2.21. The number of nitrogens with one attached hydrogen (secondary N) is 2. The summed E-state index contributed by atoms with van der Waals surface area (Å²) in [6.45, 7) is 9.12. The summed E-state index contributed by atoms with van der Waals surface area (Å²) in [5.74, 6) is 0.913. The number of thiazole rings is 1. The lowest BCUT2D eigenvalue weighted by atomic mass is 10.3. The van der Waals surface area contributed by atoms with Gasteiger partial charge >= 0.3 is 0 Å². The van der Waals surface area contributed by atoms with Gasteiger partial charge in [-0.3, -0.25) is 9.89 Å². The van der Waals surface area contributed by atoms with Crippen LogP contribution in [0.3, 0.4) is 0 Å². The largest absolute Gasteiger partial charge is 0.357 e. The summed E-state index contributed by atoms with van der Waals surface area (Å²) in [5.41, 5.74) is 0. The Kier molecular flexibility index (Phi) is 7.30. The fraction of sp³-hybridized carbons (Fsp3) is 0.765. The van der Waals surface area contributed by atoms with E-state index in [0.29, 0.717) is 6.04 Å². The van der Waals surface area contributed by atoms with Crippen LogP contribution in [0.15, 0.2) is 11.2 Å². The second-order valence-electron chi connectivity index (χ2n) is 6.22. The first-order chi connectivity index (χ1) is 11.1. The predicted molar refractivity (Wildman–Crippen MR) is 99.4 cm³/mol. The Bertz CT molecular complexity index is 495. The number of aromatic nitrogens is 1. The van der Waals surface area contributed by atoms with Crippen LogP contribution < -0.4 is 10.6 Å². The van der Waals surface area contributed by atoms with Crippen LogP contribution in [0.25, 0.3) is 0 Å². The van der Waals surface area contributed by atoms with E-state index in [4.69, 9.17) is 4.99 Å². The first-order valence-corrected chi connectivity index (χ1v) is 9.63. The van der Waals surface area contributed by atoms with Gasteiger partial charge in [0.1, 0.15) is 0 Å². The third-order valence-corrected chi connectivity index (χ3v) is 5.46. The molecular formula is C17H31N5S. The molecule has 1 aromatic rings. The molecule has 1 fully saturated rings. The molecule has 23 heavy (non-hydrogen) atoms. The van der Waals surface area contributed by atoms with Gasteiger partial charge < -0.3 is 10.6 Å². The van der Waals surface area contributed by atoms with Crippen molar-refractivity contribution in [2.75, 3.05) is 26.7 Å². The van der Waals surface area contributed by atoms with E-state index >= 15 is 0 Å². The lowest BCUT2D eigenvalue weighted by molar-refractivity contribution is 0.253. The van der Waals surface area contributed by atoms with Crippen LogP contribution in [0.5, 0.6) is 0 Å². The molecule has 1 aliphatic carbocycles. The Labute approximate surface area is 144 Å². The second kappa shape index (κ2) is 9.23. The van der Waals surface area contributed by atoms with Crippen molar-refractivity contribution < 1.29 is 0 Å². The standard InChI is InChI=1S/C17H31N5S/c1-5-15-12-20-16(23-15)9-10-19-17(18-6-2)21-11-13(3)22(4)14-7-8-14/h12-14H,5-11H2,1-4H3,(H2,18,19,21). The van der Waals surface area contributed by atoms with Crippen LogP contribution in [0, 0.1) is 0 Å². The van der Waals surface area contributed by atoms with Crippen molar-refractivity contribution in [3.05, 3.63) is 16.1 Å². The van der Waals surface area contributed by atoms with E-state index in [9.17, 15) is 0 Å². The lowest BCUT2D eigenvalue weighted by Crippen LogP contribution is -2.40. The highest BCUT2D eigenvalue weighted by molar-refractivity contribution is 7.11. The van der Waals surface area contributed by atoms with Gasteiger partial charge in [-0.2, -0.15) is 0 Å². The zero-order chi connectivity index (χ0) is 16.7. The monoisotopic (exact) mass is 337 g/mol. The molecule has 0 aliphatic heterocycles. The zero-order valence-electron chi connectivity index (χ0n) is 14.9. The number of nitrogens with zero attached hydrogens (tertiary/aromatic N) is 3. The average molecular weight is 338 g/mol. The smallest absolute Gasteiger partial charge is 0.191 e. The highest BCUT2D eigenvalue weighted by atomic mass is 32.1. The van der Waals surface area contributed by atoms with E-state index < -0.39 is 0 Å². The van der Waals surface area contributed by atoms with Gasteiger partial charge in [0.15, 0.2) is 5.96 Å². The minimum atomic E-state index is 0.490. The molecule has 6 heteroatoms. The molecule has 130 valence electrons. The summed E-state index contributed by atoms with van der Waals surface area (Å²) in [6.07, 6.45) is 6.70. The van der Waals surface area contributed by atoms with Gasteiger partial charge in [0, 0.05) is 42.7 Å². The normalized spacial score (nSPS) is 16.7. The molecule has 0 radical (unpaired) electrons. The van der Waals surface area contributed by atoms with Gasteiger partial charge in [-0.25, -0.2) is 4.98 Å². The number of hydrogen-bond acceptors (Lipinski definition) is 4. The number of hydrogen-bond donors (Lipinski definition) is 2. The topological polar surface area (TPSA) is 52.6 Å². The summed E-state index contributed by atoms with van der Waals surface area (Å²) in [6, 6.07) is 1.28. The molecule has 0 spiro atoms. The van der Waals surface area contributed by atoms with Crippen molar-refractivity contribution >= 4 is 17.3 Å². The minimum absolute atomic E-state index is 0.490. The molecule has 0 saturated heterocycles. The number of likely N-dealkylation sites (N-methyl/N-ethyl adjacent to an activating group) is 1. The van der Waals surface area contributed by atoms with Gasteiger partial charge in [-0.05, 0) is 40.2 Å². The van der Waals surface area contributed by atoms with E-state index in [0.717, 1.165) is 44.5 Å². The highest BCUT2D eigenvalue weighted by Gasteiger charge is 2.28. The Morgan fingerprint density at radius 2 is 2.22 bits per heavy atom. The Morgan fingerprint density at radius 3 is 2.83 bits per heavy atom. The number of aliphatic imine (C=N–C) groups is 1. The molecule has 0 bridgehead atoms. The van der Waals surface area contributed by atoms with E-state index in [1.54, 1.807) is 0 Å². The Balaban J connectivity index is 1.76. The van der Waals surface area contributed by atoms with Gasteiger partial charge in [0.05, 0.1) is 11.6 Å². The molecule has 2 N–H and O–H groups in total. The van der Waals surface area contributed by atoms with Crippen molar-refractivity contribution in [2.24, 2.45) is 4.99 Å². The summed E-state index contributed by atoms with van der Waals surface area (Å²) < 4.78 is 0. The minimum Gasteiger partial charge on any atom is -0.357 e. The molecule has 5 nitrogen and oxygen atoms in total. The van der Waals surface area contributed by atoms with Crippen LogP contribution in [-0.4, -0.2) is 54.6 Å². The van der Waals surface area contributed by atoms with E-state index in [2.05, 4.69) is 48.3 Å². The molecule has 0 aromatic carbocycles. The van der Waals surface area contributed by atoms with Crippen LogP contribution in [-0.2, 0) is 12.8 Å². The SMILES string of the molecule is CCNC(=NCC(C)N(C)C1CC1)NCCc1ncc(CC)s1. The highest BCUT2D eigenvalue weighted by Crippen LogP contribution is 2.26. The molecule has 1 aliphatic rings. The fourth-order valence-electron chi connectivity index (χ4n) is 2.45. The van der Waals surface area contributed by atoms with Crippen molar-refractivity contribution in [1.29, 1.82) is 0 Å². The lowest BCUT2D eigenvalue weighted by Gasteiger charge is -2.23. The van der Waals surface area contributed by atoms with E-state index in [1.165, 1.54) is 22.7 Å². The predicted octanol–water partition coefficient (Wildman–Crippen LogP) is 2.29. The maximum atomic E-state index is 4.73. The van der Waals surface area contributed by atoms with Gasteiger partial charge in [-0.1, -0.05) is 6.92 Å². The van der Waals surface area contributed by atoms with Gasteiger partial charge in [0.2, 0.25) is 0 Å². The molecule has 0 amide bonds. The Morgan fingerprint density at radius 1 is 1.43 bits per heavy atom. The van der Waals surface area contributed by atoms with Crippen LogP contribution in [0.1, 0.15) is 43.5 Å². The quantitative estimate of drug-likeness (QED) is 0.536. The van der Waals surface area contributed by atoms with Crippen molar-refractivity contribution in [2.45, 2.75) is 58.5 Å². The molecule has 2 rings (SSSR count). The van der Waals surface area contributed by atoms with Gasteiger partial charge in [-0.15, -0.1) is 11.3 Å². The maximum Gasteiger partial charge on any atom is 0.191 e. The van der Waals surface area contributed by atoms with Crippen molar-refractivity contribution in [1.82, 2.24) is 20.5 Å². The van der Waals surface area contributed by atoms with Crippen LogP contribution in [0.4, 0.5) is 0 Å². The first kappa shape index (κ1) is 18.2. The van der Waals surface area contributed by atoms with E-state index in [1.807, 2.05) is 17.5 Å². The molecule has 1 atom stereocenters. The second-order valence-corrected chi connectivity index (χ2v) is 7.42. The Hall–Kier alpha value is -1.14. The third kappa shape index (κ3) is 6.11. The number of guanidine groups is 1. The van der Waals surface area contributed by atoms with Gasteiger partial charge in [0.25, 0.3) is 0 Å². The zero-order valence-corrected chi connectivity index (χ0v) is 15.7. The summed E-state index contributed by atoms with van der Waals surface area (Å²) in [4.78, 5) is 13.0. The van der Waals surface area contributed by atoms with Crippen molar-refractivity contribution in [3.63, 3.8) is 0 Å². The average Bonchev–Trinajstić information content (AvgIpc) is 3.30. The number of aryl methyl sites for hydroxylation is 1. The molecule has 1 aromatic heterocycles. The third-order valence-electron chi connectivity index (χ3n) is 4.26. The van der Waals surface area contributed by atoms with E-state index in [-0.39, 0.29) is 0 Å². The van der Waals surface area contributed by atoms with Crippen molar-refractivity contribution in [3.8, 4) is 0 Å². The summed E-state index contributed by atoms with van der Waals surface area (Å²) >= 11 is 1.81.